The van der Waals surface area contributed by atoms with Gasteiger partial charge in [-0.25, -0.2) is 0 Å². The van der Waals surface area contributed by atoms with Crippen LogP contribution in [0.25, 0.3) is 0 Å². The van der Waals surface area contributed by atoms with Gasteiger partial charge in [0.15, 0.2) is 0 Å². The van der Waals surface area contributed by atoms with Crippen molar-refractivity contribution < 1.29 is 4.79 Å². The van der Waals surface area contributed by atoms with Crippen LogP contribution in [0.2, 0.25) is 0 Å². The van der Waals surface area contributed by atoms with Gasteiger partial charge in [0.25, 0.3) is 0 Å². The van der Waals surface area contributed by atoms with Gasteiger partial charge in [-0.05, 0) is 12.8 Å². The molecule has 10 heavy (non-hydrogen) atoms. The molecule has 0 aliphatic heterocycles. The van der Waals surface area contributed by atoms with Crippen molar-refractivity contribution in [3.8, 4) is 0 Å². The summed E-state index contributed by atoms with van der Waals surface area (Å²) in [5.41, 5.74) is 0. The fourth-order valence-electron chi connectivity index (χ4n) is 1.35. The van der Waals surface area contributed by atoms with E-state index in [1.165, 1.54) is 25.3 Å². The van der Waals surface area contributed by atoms with Gasteiger partial charge in [0.1, 0.15) is 0 Å². The van der Waals surface area contributed by atoms with E-state index < -0.39 is 0 Å². The van der Waals surface area contributed by atoms with Crippen LogP contribution in [-0.4, -0.2) is 5.91 Å². The topological polar surface area (TPSA) is 29.1 Å². The molecule has 0 unspecified atom stereocenters. The predicted octanol–water partition coefficient (Wildman–Crippen LogP) is 1.62. The molecule has 1 aliphatic rings. The fraction of sp³-hybridized carbons (Fsp3) is 0.750. The van der Waals surface area contributed by atoms with Gasteiger partial charge in [0.05, 0.1) is 6.04 Å². The summed E-state index contributed by atoms with van der Waals surface area (Å²) in [6.07, 6.45) is 6.01. The van der Waals surface area contributed by atoms with E-state index in [9.17, 15) is 4.79 Å². The number of nitrogens with one attached hydrogen (secondary N) is 1. The maximum atomic E-state index is 10.6. The highest BCUT2D eigenvalue weighted by Crippen LogP contribution is 2.22. The molecule has 0 aromatic rings. The summed E-state index contributed by atoms with van der Waals surface area (Å²) in [5, 5.41) is 2.86. The molecule has 0 saturated heterocycles. The smallest absolute Gasteiger partial charge is 0.217 e. The minimum atomic E-state index is 0.0805. The molecule has 2 nitrogen and oxygen atoms in total. The maximum absolute atomic E-state index is 10.6. The minimum Gasteiger partial charge on any atom is -0.349 e. The van der Waals surface area contributed by atoms with Gasteiger partial charge in [-0.1, -0.05) is 19.3 Å². The van der Waals surface area contributed by atoms with E-state index in [-0.39, 0.29) is 5.91 Å². The molecule has 0 spiro atoms. The molecule has 1 rings (SSSR count). The predicted molar refractivity (Wildman–Crippen MR) is 40.1 cm³/mol. The lowest BCUT2D eigenvalue weighted by Gasteiger charge is -2.20. The second kappa shape index (κ2) is 3.59. The summed E-state index contributed by atoms with van der Waals surface area (Å²) < 4.78 is 0. The molecule has 0 atom stereocenters. The maximum Gasteiger partial charge on any atom is 0.217 e. The number of carbonyl (C=O) groups is 1. The molecule has 57 valence electrons. The highest BCUT2D eigenvalue weighted by molar-refractivity contribution is 5.74. The zero-order valence-corrected chi connectivity index (χ0v) is 6.44. The van der Waals surface area contributed by atoms with Crippen molar-refractivity contribution in [1.82, 2.24) is 5.32 Å². The van der Waals surface area contributed by atoms with Crippen LogP contribution in [-0.2, 0) is 4.79 Å². The van der Waals surface area contributed by atoms with Gasteiger partial charge in [-0.2, -0.15) is 0 Å². The van der Waals surface area contributed by atoms with Crippen LogP contribution in [0.1, 0.15) is 39.0 Å². The average Bonchev–Trinajstić information content (AvgIpc) is 1.88. The molecule has 1 radical (unpaired) electrons. The summed E-state index contributed by atoms with van der Waals surface area (Å²) in [6, 6.07) is 1.23. The Bertz CT molecular complexity index is 116. The number of amides is 1. The van der Waals surface area contributed by atoms with E-state index in [1.54, 1.807) is 6.92 Å². The summed E-state index contributed by atoms with van der Waals surface area (Å²) in [7, 11) is 0. The summed E-state index contributed by atoms with van der Waals surface area (Å²) >= 11 is 0. The quantitative estimate of drug-likeness (QED) is 0.589. The monoisotopic (exact) mass is 140 g/mol. The van der Waals surface area contributed by atoms with Crippen LogP contribution in [0.4, 0.5) is 0 Å². The van der Waals surface area contributed by atoms with Gasteiger partial charge in [-0.15, -0.1) is 0 Å². The normalized spacial score (nSPS) is 20.5. The molecule has 1 fully saturated rings. The minimum absolute atomic E-state index is 0.0805. The second-order valence-electron chi connectivity index (χ2n) is 2.85. The van der Waals surface area contributed by atoms with Crippen molar-refractivity contribution >= 4 is 5.91 Å². The second-order valence-corrected chi connectivity index (χ2v) is 2.85. The number of rotatable bonds is 1. The molecule has 1 amide bonds. The standard InChI is InChI=1S/C8H14NO/c1-7(10)9-8-5-3-2-4-6-8/h2-6H2,1H3,(H,9,10). The Kier molecular flexibility index (Phi) is 2.72. The van der Waals surface area contributed by atoms with E-state index in [2.05, 4.69) is 5.32 Å². The van der Waals surface area contributed by atoms with E-state index in [1.807, 2.05) is 0 Å². The van der Waals surface area contributed by atoms with E-state index >= 15 is 0 Å². The summed E-state index contributed by atoms with van der Waals surface area (Å²) in [6.45, 7) is 1.57. The zero-order valence-electron chi connectivity index (χ0n) is 6.44. The first kappa shape index (κ1) is 7.58. The molecule has 1 saturated carbocycles. The third kappa shape index (κ3) is 2.38. The molecule has 0 bridgehead atoms. The first-order chi connectivity index (χ1) is 4.79. The largest absolute Gasteiger partial charge is 0.349 e. The fourth-order valence-corrected chi connectivity index (χ4v) is 1.35. The molecule has 0 heterocycles. The summed E-state index contributed by atoms with van der Waals surface area (Å²) in [5.74, 6) is 0.0805. The van der Waals surface area contributed by atoms with Crippen molar-refractivity contribution in [2.24, 2.45) is 0 Å². The Morgan fingerprint density at radius 2 is 1.90 bits per heavy atom. The van der Waals surface area contributed by atoms with Crippen LogP contribution >= 0.6 is 0 Å². The Balaban J connectivity index is 2.19. The van der Waals surface area contributed by atoms with Crippen LogP contribution in [0.5, 0.6) is 0 Å². The van der Waals surface area contributed by atoms with E-state index in [4.69, 9.17) is 0 Å². The Hall–Kier alpha value is -0.530. The third-order valence-corrected chi connectivity index (χ3v) is 1.81. The lowest BCUT2D eigenvalue weighted by molar-refractivity contribution is -0.118. The SMILES string of the molecule is CC(=O)N[C]1CCCCC1. The van der Waals surface area contributed by atoms with Gasteiger partial charge in [0.2, 0.25) is 5.91 Å². The first-order valence-electron chi connectivity index (χ1n) is 3.91. The van der Waals surface area contributed by atoms with Crippen molar-refractivity contribution in [2.75, 3.05) is 0 Å². The van der Waals surface area contributed by atoms with Crippen LogP contribution in [0, 0.1) is 6.04 Å². The van der Waals surface area contributed by atoms with Gasteiger partial charge >= 0.3 is 0 Å². The first-order valence-corrected chi connectivity index (χ1v) is 3.91. The Morgan fingerprint density at radius 1 is 1.30 bits per heavy atom. The highest BCUT2D eigenvalue weighted by atomic mass is 16.1. The Morgan fingerprint density at radius 3 is 2.40 bits per heavy atom. The zero-order chi connectivity index (χ0) is 7.40. The van der Waals surface area contributed by atoms with Gasteiger partial charge in [0, 0.05) is 6.92 Å². The average molecular weight is 140 g/mol. The van der Waals surface area contributed by atoms with Crippen molar-refractivity contribution in [3.63, 3.8) is 0 Å². The number of carbonyl (C=O) groups excluding carboxylic acids is 1. The number of hydrogen-bond donors (Lipinski definition) is 1. The molecule has 2 heteroatoms. The van der Waals surface area contributed by atoms with Crippen LogP contribution in [0.3, 0.4) is 0 Å². The van der Waals surface area contributed by atoms with Crippen molar-refractivity contribution in [2.45, 2.75) is 39.0 Å². The molecule has 1 aliphatic carbocycles. The lowest BCUT2D eigenvalue weighted by atomic mass is 9.95. The summed E-state index contributed by atoms with van der Waals surface area (Å²) in [4.78, 5) is 10.6. The van der Waals surface area contributed by atoms with E-state index in [0.717, 1.165) is 12.8 Å². The molecule has 1 N–H and O–H groups in total. The van der Waals surface area contributed by atoms with Crippen LogP contribution < -0.4 is 5.32 Å². The van der Waals surface area contributed by atoms with E-state index in [0.29, 0.717) is 0 Å². The molecular weight excluding hydrogens is 126 g/mol. The van der Waals surface area contributed by atoms with Gasteiger partial charge < -0.3 is 5.32 Å². The van der Waals surface area contributed by atoms with Gasteiger partial charge in [-0.3, -0.25) is 4.79 Å². The Labute approximate surface area is 62.0 Å². The number of hydrogen-bond acceptors (Lipinski definition) is 1. The third-order valence-electron chi connectivity index (χ3n) is 1.81. The molecule has 0 aromatic heterocycles. The van der Waals surface area contributed by atoms with Crippen molar-refractivity contribution in [3.05, 3.63) is 6.04 Å². The highest BCUT2D eigenvalue weighted by Gasteiger charge is 2.13. The van der Waals surface area contributed by atoms with Crippen molar-refractivity contribution in [1.29, 1.82) is 0 Å². The molecular formula is C8H14NO. The lowest BCUT2D eigenvalue weighted by Crippen LogP contribution is -2.27. The molecule has 0 aromatic carbocycles. The van der Waals surface area contributed by atoms with Crippen LogP contribution in [0.15, 0.2) is 0 Å².